The maximum Gasteiger partial charge on any atom is 0.409 e. The van der Waals surface area contributed by atoms with Crippen molar-refractivity contribution in [2.75, 3.05) is 25.4 Å². The molecule has 2 aliphatic heterocycles. The summed E-state index contributed by atoms with van der Waals surface area (Å²) in [6.07, 6.45) is -0.670. The summed E-state index contributed by atoms with van der Waals surface area (Å²) in [4.78, 5) is 15.1. The SMILES string of the molecule is CCSc1ccc(-c2ccc3c(c2)CC(F)(F)C2(CCN(C(=O)OCC(C)(C)C)CC2)O3)cc1. The largest absolute Gasteiger partial charge is 0.481 e. The van der Waals surface area contributed by atoms with Crippen LogP contribution in [0.1, 0.15) is 46.1 Å². The lowest BCUT2D eigenvalue weighted by atomic mass is 9.79. The van der Waals surface area contributed by atoms with Crippen molar-refractivity contribution in [3.63, 3.8) is 0 Å². The number of thioether (sulfide) groups is 1. The third kappa shape index (κ3) is 5.19. The van der Waals surface area contributed by atoms with Gasteiger partial charge in [0.05, 0.1) is 6.61 Å². The van der Waals surface area contributed by atoms with Crippen molar-refractivity contribution in [2.45, 2.75) is 63.4 Å². The molecule has 0 saturated carbocycles. The van der Waals surface area contributed by atoms with Gasteiger partial charge in [0.15, 0.2) is 5.60 Å². The van der Waals surface area contributed by atoms with E-state index in [1.165, 1.54) is 9.80 Å². The highest BCUT2D eigenvalue weighted by Gasteiger charge is 2.59. The number of fused-ring (bicyclic) bond motifs is 1. The van der Waals surface area contributed by atoms with Crippen LogP contribution in [-0.2, 0) is 11.2 Å². The molecule has 0 radical (unpaired) electrons. The van der Waals surface area contributed by atoms with Crippen molar-refractivity contribution in [1.82, 2.24) is 4.90 Å². The second-order valence-electron chi connectivity index (χ2n) is 10.4. The van der Waals surface area contributed by atoms with Gasteiger partial charge in [-0.2, -0.15) is 0 Å². The second-order valence-corrected chi connectivity index (χ2v) is 11.7. The van der Waals surface area contributed by atoms with E-state index >= 15 is 8.78 Å². The Kier molecular flexibility index (Phi) is 6.87. The van der Waals surface area contributed by atoms with Gasteiger partial charge in [-0.15, -0.1) is 11.8 Å². The Balaban J connectivity index is 1.47. The Bertz CT molecular complexity index is 1030. The molecular formula is C27H33F2NO3S. The average Bonchev–Trinajstić information content (AvgIpc) is 2.78. The van der Waals surface area contributed by atoms with Crippen molar-refractivity contribution in [1.29, 1.82) is 0 Å². The molecule has 1 spiro atoms. The zero-order valence-electron chi connectivity index (χ0n) is 20.3. The van der Waals surface area contributed by atoms with Crippen LogP contribution in [0.3, 0.4) is 0 Å². The lowest BCUT2D eigenvalue weighted by Crippen LogP contribution is -2.62. The van der Waals surface area contributed by atoms with Crippen LogP contribution in [0.2, 0.25) is 0 Å². The predicted molar refractivity (Wildman–Crippen MR) is 132 cm³/mol. The fourth-order valence-electron chi connectivity index (χ4n) is 4.48. The fourth-order valence-corrected chi connectivity index (χ4v) is 5.14. The number of nitrogens with zero attached hydrogens (tertiary/aromatic N) is 1. The van der Waals surface area contributed by atoms with Gasteiger partial charge < -0.3 is 14.4 Å². The van der Waals surface area contributed by atoms with Crippen molar-refractivity contribution in [2.24, 2.45) is 5.41 Å². The number of likely N-dealkylation sites (tertiary alicyclic amines) is 1. The number of hydrogen-bond donors (Lipinski definition) is 0. The van der Waals surface area contributed by atoms with E-state index in [1.807, 2.05) is 45.0 Å². The van der Waals surface area contributed by atoms with Crippen molar-refractivity contribution >= 4 is 17.9 Å². The van der Waals surface area contributed by atoms with E-state index < -0.39 is 17.6 Å². The van der Waals surface area contributed by atoms with Gasteiger partial charge in [0.25, 0.3) is 5.92 Å². The first-order valence-electron chi connectivity index (χ1n) is 11.9. The monoisotopic (exact) mass is 489 g/mol. The molecule has 7 heteroatoms. The third-order valence-electron chi connectivity index (χ3n) is 6.40. The fraction of sp³-hybridized carbons (Fsp3) is 0.519. The van der Waals surface area contributed by atoms with E-state index in [1.54, 1.807) is 17.8 Å². The van der Waals surface area contributed by atoms with Gasteiger partial charge in [0.2, 0.25) is 0 Å². The maximum absolute atomic E-state index is 15.5. The van der Waals surface area contributed by atoms with Crippen LogP contribution >= 0.6 is 11.8 Å². The molecule has 34 heavy (non-hydrogen) atoms. The molecule has 1 fully saturated rings. The first-order valence-corrected chi connectivity index (χ1v) is 12.9. The molecule has 1 amide bonds. The van der Waals surface area contributed by atoms with E-state index in [-0.39, 0.29) is 44.4 Å². The van der Waals surface area contributed by atoms with E-state index in [0.717, 1.165) is 16.9 Å². The number of rotatable bonds is 4. The number of alkyl halides is 2. The standard InChI is InChI=1S/C27H33F2NO3S/c1-5-34-22-9-6-19(7-10-22)20-8-11-23-21(16-20)17-27(28,29)26(33-23)12-14-30(15-13-26)24(31)32-18-25(2,3)4/h6-11,16H,5,12-15,17-18H2,1-4H3. The van der Waals surface area contributed by atoms with E-state index in [9.17, 15) is 4.79 Å². The number of ether oxygens (including phenoxy) is 2. The quantitative estimate of drug-likeness (QED) is 0.431. The molecule has 2 aromatic carbocycles. The molecule has 2 aliphatic rings. The lowest BCUT2D eigenvalue weighted by molar-refractivity contribution is -0.193. The van der Waals surface area contributed by atoms with E-state index in [0.29, 0.717) is 11.3 Å². The number of carbonyl (C=O) groups is 1. The Labute approximate surface area is 205 Å². The number of amides is 1. The highest BCUT2D eigenvalue weighted by atomic mass is 32.2. The van der Waals surface area contributed by atoms with Crippen molar-refractivity contribution < 1.29 is 23.0 Å². The van der Waals surface area contributed by atoms with Crippen molar-refractivity contribution in [3.8, 4) is 16.9 Å². The van der Waals surface area contributed by atoms with E-state index in [4.69, 9.17) is 9.47 Å². The number of piperidine rings is 1. The highest BCUT2D eigenvalue weighted by Crippen LogP contribution is 2.49. The van der Waals surface area contributed by atoms with Gasteiger partial charge in [-0.05, 0) is 46.6 Å². The maximum atomic E-state index is 15.5. The summed E-state index contributed by atoms with van der Waals surface area (Å²) in [5.74, 6) is -1.51. The normalized spacial score (nSPS) is 18.8. The van der Waals surface area contributed by atoms with Crippen LogP contribution in [-0.4, -0.2) is 48.0 Å². The number of halogens is 2. The first-order chi connectivity index (χ1) is 16.0. The molecule has 4 nitrogen and oxygen atoms in total. The van der Waals surface area contributed by atoms with Crippen LogP contribution < -0.4 is 4.74 Å². The Hall–Kier alpha value is -2.28. The molecule has 1 saturated heterocycles. The summed E-state index contributed by atoms with van der Waals surface area (Å²) >= 11 is 1.77. The zero-order valence-corrected chi connectivity index (χ0v) is 21.1. The minimum Gasteiger partial charge on any atom is -0.481 e. The van der Waals surface area contributed by atoms with Gasteiger partial charge in [-0.25, -0.2) is 13.6 Å². The van der Waals surface area contributed by atoms with E-state index in [2.05, 4.69) is 19.1 Å². The third-order valence-corrected chi connectivity index (χ3v) is 7.30. The smallest absolute Gasteiger partial charge is 0.409 e. The van der Waals surface area contributed by atoms with Crippen LogP contribution in [0.4, 0.5) is 13.6 Å². The average molecular weight is 490 g/mol. The zero-order chi connectivity index (χ0) is 24.6. The van der Waals surface area contributed by atoms with Crippen LogP contribution in [0.15, 0.2) is 47.4 Å². The lowest BCUT2D eigenvalue weighted by Gasteiger charge is -2.48. The Morgan fingerprint density at radius 3 is 2.35 bits per heavy atom. The Morgan fingerprint density at radius 1 is 1.09 bits per heavy atom. The minimum absolute atomic E-state index is 0.0718. The van der Waals surface area contributed by atoms with Crippen LogP contribution in [0.25, 0.3) is 11.1 Å². The number of benzene rings is 2. The van der Waals surface area contributed by atoms with Gasteiger partial charge in [0.1, 0.15) is 5.75 Å². The molecule has 0 atom stereocenters. The summed E-state index contributed by atoms with van der Waals surface area (Å²) < 4.78 is 42.3. The molecule has 0 bridgehead atoms. The molecular weight excluding hydrogens is 456 g/mol. The second kappa shape index (κ2) is 9.40. The number of hydrogen-bond acceptors (Lipinski definition) is 4. The summed E-state index contributed by atoms with van der Waals surface area (Å²) in [7, 11) is 0. The summed E-state index contributed by atoms with van der Waals surface area (Å²) in [6, 6.07) is 13.7. The molecule has 2 heterocycles. The topological polar surface area (TPSA) is 38.8 Å². The van der Waals surface area contributed by atoms with Gasteiger partial charge in [-0.3, -0.25) is 0 Å². The molecule has 0 aliphatic carbocycles. The van der Waals surface area contributed by atoms with Crippen LogP contribution in [0.5, 0.6) is 5.75 Å². The highest BCUT2D eigenvalue weighted by molar-refractivity contribution is 7.99. The first kappa shape index (κ1) is 24.8. The minimum atomic E-state index is -3.03. The van der Waals surface area contributed by atoms with Gasteiger partial charge in [-0.1, -0.05) is 45.9 Å². The summed E-state index contributed by atoms with van der Waals surface area (Å²) in [5.41, 5.74) is 0.673. The molecule has 0 aromatic heterocycles. The summed E-state index contributed by atoms with van der Waals surface area (Å²) in [6.45, 7) is 8.71. The molecule has 4 rings (SSSR count). The van der Waals surface area contributed by atoms with Crippen LogP contribution in [0, 0.1) is 5.41 Å². The van der Waals surface area contributed by atoms with Crippen molar-refractivity contribution in [3.05, 3.63) is 48.0 Å². The van der Waals surface area contributed by atoms with Gasteiger partial charge in [0, 0.05) is 42.8 Å². The molecule has 0 unspecified atom stereocenters. The predicted octanol–water partition coefficient (Wildman–Crippen LogP) is 7.05. The molecule has 0 N–H and O–H groups in total. The number of carbonyl (C=O) groups excluding carboxylic acids is 1. The Morgan fingerprint density at radius 2 is 1.74 bits per heavy atom. The van der Waals surface area contributed by atoms with Gasteiger partial charge >= 0.3 is 6.09 Å². The molecule has 184 valence electrons. The molecule has 2 aromatic rings. The summed E-state index contributed by atoms with van der Waals surface area (Å²) in [5, 5.41) is 0.